The minimum Gasteiger partial charge on any atom is -0.315 e. The molecule has 1 aliphatic heterocycles. The molecule has 2 heterocycles. The van der Waals surface area contributed by atoms with E-state index in [4.69, 9.17) is 0 Å². The molecule has 0 saturated carbocycles. The van der Waals surface area contributed by atoms with E-state index in [1.165, 1.54) is 18.1 Å². The second-order valence-corrected chi connectivity index (χ2v) is 4.88. The van der Waals surface area contributed by atoms with Crippen LogP contribution in [0.2, 0.25) is 0 Å². The lowest BCUT2D eigenvalue weighted by Gasteiger charge is -2.20. The van der Waals surface area contributed by atoms with Gasteiger partial charge in [0.05, 0.1) is 0 Å². The summed E-state index contributed by atoms with van der Waals surface area (Å²) in [6.45, 7) is 7.87. The van der Waals surface area contributed by atoms with Crippen LogP contribution in [0.4, 0.5) is 0 Å². The third-order valence-electron chi connectivity index (χ3n) is 2.87. The summed E-state index contributed by atoms with van der Waals surface area (Å²) in [5.74, 6) is 3.82. The van der Waals surface area contributed by atoms with Gasteiger partial charge in [0, 0.05) is 19.4 Å². The van der Waals surface area contributed by atoms with E-state index < -0.39 is 0 Å². The summed E-state index contributed by atoms with van der Waals surface area (Å²) in [6.07, 6.45) is 3.43. The van der Waals surface area contributed by atoms with Crippen molar-refractivity contribution in [3.63, 3.8) is 0 Å². The summed E-state index contributed by atoms with van der Waals surface area (Å²) < 4.78 is 2.32. The zero-order chi connectivity index (χ0) is 10.1. The number of hydrogen-bond acceptors (Lipinski definition) is 2. The second kappa shape index (κ2) is 3.71. The van der Waals surface area contributed by atoms with Crippen LogP contribution in [-0.2, 0) is 19.4 Å². The fourth-order valence-electron chi connectivity index (χ4n) is 2.06. The highest BCUT2D eigenvalue weighted by molar-refractivity contribution is 5.00. The molecule has 78 valence electrons. The lowest BCUT2D eigenvalue weighted by molar-refractivity contribution is 0.399. The first-order valence-electron chi connectivity index (χ1n) is 5.57. The SMILES string of the molecule is CC(C)Cc1nnc2n1CCC(C)C2. The minimum absolute atomic E-state index is 0.669. The Bertz CT molecular complexity index is 314. The van der Waals surface area contributed by atoms with Gasteiger partial charge in [-0.2, -0.15) is 0 Å². The van der Waals surface area contributed by atoms with Crippen LogP contribution in [0, 0.1) is 11.8 Å². The van der Waals surface area contributed by atoms with Gasteiger partial charge in [0.25, 0.3) is 0 Å². The number of fused-ring (bicyclic) bond motifs is 1. The predicted octanol–water partition coefficient (Wildman–Crippen LogP) is 2.06. The Labute approximate surface area is 85.5 Å². The molecule has 1 aromatic rings. The van der Waals surface area contributed by atoms with Crippen LogP contribution in [0.1, 0.15) is 38.8 Å². The smallest absolute Gasteiger partial charge is 0.133 e. The second-order valence-electron chi connectivity index (χ2n) is 4.88. The molecule has 1 unspecified atom stereocenters. The standard InChI is InChI=1S/C11H19N3/c1-8(2)6-10-12-13-11-7-9(3)4-5-14(10)11/h8-9H,4-7H2,1-3H3. The Morgan fingerprint density at radius 1 is 1.43 bits per heavy atom. The van der Waals surface area contributed by atoms with Crippen molar-refractivity contribution in [1.82, 2.24) is 14.8 Å². The highest BCUT2D eigenvalue weighted by Crippen LogP contribution is 2.20. The van der Waals surface area contributed by atoms with Crippen molar-refractivity contribution in [2.24, 2.45) is 11.8 Å². The first kappa shape index (κ1) is 9.69. The highest BCUT2D eigenvalue weighted by Gasteiger charge is 2.20. The van der Waals surface area contributed by atoms with Crippen molar-refractivity contribution in [2.45, 2.75) is 46.6 Å². The van der Waals surface area contributed by atoms with Gasteiger partial charge in [0.15, 0.2) is 0 Å². The van der Waals surface area contributed by atoms with Gasteiger partial charge in [-0.05, 0) is 18.3 Å². The third kappa shape index (κ3) is 1.81. The van der Waals surface area contributed by atoms with E-state index in [1.54, 1.807) is 0 Å². The molecule has 1 atom stereocenters. The van der Waals surface area contributed by atoms with Crippen molar-refractivity contribution in [1.29, 1.82) is 0 Å². The molecule has 0 aliphatic carbocycles. The summed E-state index contributed by atoms with van der Waals surface area (Å²) in [7, 11) is 0. The van der Waals surface area contributed by atoms with Crippen molar-refractivity contribution in [3.05, 3.63) is 11.6 Å². The van der Waals surface area contributed by atoms with E-state index in [1.807, 2.05) is 0 Å². The number of hydrogen-bond donors (Lipinski definition) is 0. The van der Waals surface area contributed by atoms with Crippen molar-refractivity contribution in [3.8, 4) is 0 Å². The molecule has 0 spiro atoms. The van der Waals surface area contributed by atoms with Gasteiger partial charge >= 0.3 is 0 Å². The van der Waals surface area contributed by atoms with Crippen LogP contribution in [0.15, 0.2) is 0 Å². The average Bonchev–Trinajstić information content (AvgIpc) is 2.47. The molecule has 0 amide bonds. The molecule has 0 bridgehead atoms. The molecule has 14 heavy (non-hydrogen) atoms. The zero-order valence-electron chi connectivity index (χ0n) is 9.32. The van der Waals surface area contributed by atoms with E-state index in [-0.39, 0.29) is 0 Å². The van der Waals surface area contributed by atoms with E-state index in [9.17, 15) is 0 Å². The summed E-state index contributed by atoms with van der Waals surface area (Å²) >= 11 is 0. The predicted molar refractivity (Wildman–Crippen MR) is 56.0 cm³/mol. The zero-order valence-corrected chi connectivity index (χ0v) is 9.32. The quantitative estimate of drug-likeness (QED) is 0.719. The Kier molecular flexibility index (Phi) is 2.57. The van der Waals surface area contributed by atoms with Crippen LogP contribution < -0.4 is 0 Å². The normalized spacial score (nSPS) is 21.3. The fraction of sp³-hybridized carbons (Fsp3) is 0.818. The Balaban J connectivity index is 2.20. The number of nitrogens with zero attached hydrogens (tertiary/aromatic N) is 3. The van der Waals surface area contributed by atoms with Gasteiger partial charge < -0.3 is 4.57 Å². The monoisotopic (exact) mass is 193 g/mol. The van der Waals surface area contributed by atoms with Gasteiger partial charge in [-0.3, -0.25) is 0 Å². The Morgan fingerprint density at radius 3 is 2.93 bits per heavy atom. The summed E-state index contributed by atoms with van der Waals surface area (Å²) in [5.41, 5.74) is 0. The van der Waals surface area contributed by atoms with Gasteiger partial charge in [-0.1, -0.05) is 20.8 Å². The summed E-state index contributed by atoms with van der Waals surface area (Å²) in [4.78, 5) is 0. The van der Waals surface area contributed by atoms with Gasteiger partial charge in [0.2, 0.25) is 0 Å². The van der Waals surface area contributed by atoms with Gasteiger partial charge in [-0.25, -0.2) is 0 Å². The van der Waals surface area contributed by atoms with Crippen LogP contribution in [0.5, 0.6) is 0 Å². The minimum atomic E-state index is 0.669. The molecular weight excluding hydrogens is 174 g/mol. The van der Waals surface area contributed by atoms with E-state index >= 15 is 0 Å². The molecule has 1 aliphatic rings. The fourth-order valence-corrected chi connectivity index (χ4v) is 2.06. The first-order chi connectivity index (χ1) is 6.66. The van der Waals surface area contributed by atoms with Crippen LogP contribution >= 0.6 is 0 Å². The van der Waals surface area contributed by atoms with Crippen LogP contribution in [-0.4, -0.2) is 14.8 Å². The van der Waals surface area contributed by atoms with E-state index in [2.05, 4.69) is 35.5 Å². The van der Waals surface area contributed by atoms with E-state index in [0.717, 1.165) is 25.3 Å². The number of aromatic nitrogens is 3. The number of rotatable bonds is 2. The van der Waals surface area contributed by atoms with Gasteiger partial charge in [-0.15, -0.1) is 10.2 Å². The Morgan fingerprint density at radius 2 is 2.21 bits per heavy atom. The molecule has 0 fully saturated rings. The molecule has 0 aromatic carbocycles. The summed E-state index contributed by atoms with van der Waals surface area (Å²) in [5, 5.41) is 8.56. The molecule has 3 nitrogen and oxygen atoms in total. The van der Waals surface area contributed by atoms with Crippen LogP contribution in [0.3, 0.4) is 0 Å². The van der Waals surface area contributed by atoms with Crippen molar-refractivity contribution in [2.75, 3.05) is 0 Å². The molecule has 2 rings (SSSR count). The maximum Gasteiger partial charge on any atom is 0.133 e. The highest BCUT2D eigenvalue weighted by atomic mass is 15.3. The molecule has 0 N–H and O–H groups in total. The topological polar surface area (TPSA) is 30.7 Å². The van der Waals surface area contributed by atoms with Gasteiger partial charge in [0.1, 0.15) is 11.6 Å². The van der Waals surface area contributed by atoms with Crippen molar-refractivity contribution >= 4 is 0 Å². The third-order valence-corrected chi connectivity index (χ3v) is 2.87. The lowest BCUT2D eigenvalue weighted by atomic mass is 10.00. The lowest BCUT2D eigenvalue weighted by Crippen LogP contribution is -2.19. The molecule has 3 heteroatoms. The molecular formula is C11H19N3. The summed E-state index contributed by atoms with van der Waals surface area (Å²) in [6, 6.07) is 0. The van der Waals surface area contributed by atoms with E-state index in [0.29, 0.717) is 5.92 Å². The Hall–Kier alpha value is -0.860. The molecule has 0 saturated heterocycles. The maximum atomic E-state index is 4.29. The average molecular weight is 193 g/mol. The molecule has 1 aromatic heterocycles. The largest absolute Gasteiger partial charge is 0.315 e. The van der Waals surface area contributed by atoms with Crippen LogP contribution in [0.25, 0.3) is 0 Å². The molecule has 0 radical (unpaired) electrons. The van der Waals surface area contributed by atoms with Crippen molar-refractivity contribution < 1.29 is 0 Å². The first-order valence-corrected chi connectivity index (χ1v) is 5.57. The maximum absolute atomic E-state index is 4.29.